The van der Waals surface area contributed by atoms with Crippen LogP contribution < -0.4 is 4.74 Å². The smallest absolute Gasteiger partial charge is 0.166 e. The molecule has 3 nitrogen and oxygen atoms in total. The maximum atomic E-state index is 13.6. The number of benzene rings is 2. The van der Waals surface area contributed by atoms with E-state index in [1.54, 1.807) is 12.1 Å². The first-order valence-electron chi connectivity index (χ1n) is 8.21. The van der Waals surface area contributed by atoms with E-state index in [0.29, 0.717) is 11.6 Å². The Balaban J connectivity index is 1.55. The van der Waals surface area contributed by atoms with Gasteiger partial charge in [0.25, 0.3) is 0 Å². The number of aromatic nitrogens is 2. The topological polar surface area (TPSA) is 27.1 Å². The van der Waals surface area contributed by atoms with Gasteiger partial charge in [0.15, 0.2) is 11.6 Å². The van der Waals surface area contributed by atoms with Gasteiger partial charge in [-0.05, 0) is 43.2 Å². The van der Waals surface area contributed by atoms with Gasteiger partial charge in [0.05, 0.1) is 17.6 Å². The van der Waals surface area contributed by atoms with Gasteiger partial charge >= 0.3 is 0 Å². The molecule has 0 N–H and O–H groups in total. The summed E-state index contributed by atoms with van der Waals surface area (Å²) in [5, 5.41) is 0.374. The van der Waals surface area contributed by atoms with Crippen molar-refractivity contribution in [3.05, 3.63) is 59.1 Å². The van der Waals surface area contributed by atoms with E-state index in [4.69, 9.17) is 16.3 Å². The Morgan fingerprint density at radius 2 is 2.00 bits per heavy atom. The second kappa shape index (κ2) is 7.67. The maximum absolute atomic E-state index is 13.6. The van der Waals surface area contributed by atoms with Crippen LogP contribution in [-0.4, -0.2) is 16.2 Å². The molecule has 0 atom stereocenters. The molecule has 3 rings (SSSR count). The van der Waals surface area contributed by atoms with Gasteiger partial charge in [-0.15, -0.1) is 0 Å². The molecule has 0 aliphatic heterocycles. The number of ether oxygens (including phenoxy) is 1. The highest BCUT2D eigenvalue weighted by atomic mass is 35.5. The molecule has 0 unspecified atom stereocenters. The fourth-order valence-electron chi connectivity index (χ4n) is 2.79. The molecule has 5 heteroatoms. The van der Waals surface area contributed by atoms with Crippen LogP contribution in [0.15, 0.2) is 42.5 Å². The van der Waals surface area contributed by atoms with Crippen molar-refractivity contribution in [3.63, 3.8) is 0 Å². The average Bonchev–Trinajstić information content (AvgIpc) is 2.94. The molecule has 1 aromatic heterocycles. The molecule has 126 valence electrons. The Kier molecular flexibility index (Phi) is 5.36. The molecule has 0 saturated heterocycles. The molecular formula is C19H20ClFN2O. The first-order chi connectivity index (χ1) is 11.7. The summed E-state index contributed by atoms with van der Waals surface area (Å²) in [4.78, 5) is 4.67. The molecule has 0 bridgehead atoms. The van der Waals surface area contributed by atoms with Crippen LogP contribution >= 0.6 is 11.6 Å². The Hall–Kier alpha value is -2.07. The van der Waals surface area contributed by atoms with Gasteiger partial charge in [-0.1, -0.05) is 30.7 Å². The molecule has 0 aliphatic rings. The molecule has 1 heterocycles. The van der Waals surface area contributed by atoms with Gasteiger partial charge in [-0.25, -0.2) is 9.37 Å². The molecule has 0 aliphatic carbocycles. The Bertz CT molecular complexity index is 831. The summed E-state index contributed by atoms with van der Waals surface area (Å²) in [5.41, 5.74) is 2.20. The van der Waals surface area contributed by atoms with Crippen LogP contribution in [0.5, 0.6) is 5.75 Å². The Morgan fingerprint density at radius 3 is 2.79 bits per heavy atom. The van der Waals surface area contributed by atoms with E-state index in [-0.39, 0.29) is 5.75 Å². The average molecular weight is 347 g/mol. The van der Waals surface area contributed by atoms with Crippen molar-refractivity contribution in [2.75, 3.05) is 6.61 Å². The zero-order valence-electron chi connectivity index (χ0n) is 13.6. The van der Waals surface area contributed by atoms with E-state index in [1.165, 1.54) is 11.6 Å². The number of hydrogen-bond donors (Lipinski definition) is 0. The summed E-state index contributed by atoms with van der Waals surface area (Å²) in [7, 11) is 0. The quantitative estimate of drug-likeness (QED) is 0.546. The summed E-state index contributed by atoms with van der Waals surface area (Å²) in [5.74, 6) is 0.930. The number of aryl methyl sites for hydroxylation is 2. The van der Waals surface area contributed by atoms with E-state index < -0.39 is 5.82 Å². The van der Waals surface area contributed by atoms with Gasteiger partial charge in [0.1, 0.15) is 5.82 Å². The molecule has 0 spiro atoms. The van der Waals surface area contributed by atoms with E-state index in [9.17, 15) is 4.39 Å². The lowest BCUT2D eigenvalue weighted by molar-refractivity contribution is 0.289. The fourth-order valence-corrected chi connectivity index (χ4v) is 2.95. The standard InChI is InChI=1S/C19H20ClFN2O/c1-2-19-22-16-7-3-4-8-17(16)23(19)11-5-6-12-24-18-10-9-14(20)13-15(18)21/h3-4,7-10,13H,2,5-6,11-12H2,1H3. The minimum atomic E-state index is -0.420. The van der Waals surface area contributed by atoms with Gasteiger partial charge in [-0.3, -0.25) is 0 Å². The van der Waals surface area contributed by atoms with Crippen molar-refractivity contribution in [2.45, 2.75) is 32.7 Å². The lowest BCUT2D eigenvalue weighted by Crippen LogP contribution is -2.06. The molecule has 2 aromatic carbocycles. The number of halogens is 2. The number of rotatable bonds is 7. The molecular weight excluding hydrogens is 327 g/mol. The van der Waals surface area contributed by atoms with Crippen molar-refractivity contribution in [3.8, 4) is 5.75 Å². The molecule has 24 heavy (non-hydrogen) atoms. The summed E-state index contributed by atoms with van der Waals surface area (Å²) < 4.78 is 21.4. The summed E-state index contributed by atoms with van der Waals surface area (Å²) >= 11 is 5.73. The highest BCUT2D eigenvalue weighted by molar-refractivity contribution is 6.30. The SMILES string of the molecule is CCc1nc2ccccc2n1CCCCOc1ccc(Cl)cc1F. The van der Waals surface area contributed by atoms with Crippen molar-refractivity contribution in [2.24, 2.45) is 0 Å². The third-order valence-corrected chi connectivity index (χ3v) is 4.21. The van der Waals surface area contributed by atoms with E-state index in [0.717, 1.165) is 37.1 Å². The molecule has 3 aromatic rings. The van der Waals surface area contributed by atoms with Crippen molar-refractivity contribution in [1.29, 1.82) is 0 Å². The van der Waals surface area contributed by atoms with Gasteiger partial charge in [0, 0.05) is 18.0 Å². The van der Waals surface area contributed by atoms with E-state index in [2.05, 4.69) is 22.5 Å². The van der Waals surface area contributed by atoms with Gasteiger partial charge in [0.2, 0.25) is 0 Å². The predicted molar refractivity (Wildman–Crippen MR) is 95.3 cm³/mol. The molecule has 0 saturated carbocycles. The second-order valence-corrected chi connectivity index (χ2v) is 6.09. The Labute approximate surface area is 146 Å². The number of nitrogens with zero attached hydrogens (tertiary/aromatic N) is 2. The summed E-state index contributed by atoms with van der Waals surface area (Å²) in [6, 6.07) is 12.6. The number of imidazole rings is 1. The van der Waals surface area contributed by atoms with Crippen LogP contribution in [0.2, 0.25) is 5.02 Å². The normalized spacial score (nSPS) is 11.1. The number of hydrogen-bond acceptors (Lipinski definition) is 2. The van der Waals surface area contributed by atoms with Crippen molar-refractivity contribution in [1.82, 2.24) is 9.55 Å². The lowest BCUT2D eigenvalue weighted by atomic mass is 10.3. The van der Waals surface area contributed by atoms with Crippen LogP contribution in [0.4, 0.5) is 4.39 Å². The summed E-state index contributed by atoms with van der Waals surface area (Å²) in [6.45, 7) is 3.48. The molecule has 0 fully saturated rings. The first kappa shape index (κ1) is 16.8. The van der Waals surface area contributed by atoms with Crippen LogP contribution in [-0.2, 0) is 13.0 Å². The van der Waals surface area contributed by atoms with Crippen LogP contribution in [0.1, 0.15) is 25.6 Å². The fraction of sp³-hybridized carbons (Fsp3) is 0.316. The summed E-state index contributed by atoms with van der Waals surface area (Å²) in [6.07, 6.45) is 2.70. The number of unbranched alkanes of at least 4 members (excludes halogenated alkanes) is 1. The monoisotopic (exact) mass is 346 g/mol. The van der Waals surface area contributed by atoms with E-state index >= 15 is 0 Å². The minimum Gasteiger partial charge on any atom is -0.491 e. The van der Waals surface area contributed by atoms with Crippen LogP contribution in [0.25, 0.3) is 11.0 Å². The highest BCUT2D eigenvalue weighted by Gasteiger charge is 2.08. The maximum Gasteiger partial charge on any atom is 0.166 e. The first-order valence-corrected chi connectivity index (χ1v) is 8.59. The Morgan fingerprint density at radius 1 is 1.17 bits per heavy atom. The number of fused-ring (bicyclic) bond motifs is 1. The van der Waals surface area contributed by atoms with Gasteiger partial charge < -0.3 is 9.30 Å². The second-order valence-electron chi connectivity index (χ2n) is 5.65. The predicted octanol–water partition coefficient (Wildman–Crippen LogP) is 5.25. The minimum absolute atomic E-state index is 0.252. The van der Waals surface area contributed by atoms with Crippen LogP contribution in [0, 0.1) is 5.82 Å². The lowest BCUT2D eigenvalue weighted by Gasteiger charge is -2.10. The van der Waals surface area contributed by atoms with Crippen LogP contribution in [0.3, 0.4) is 0 Å². The number of para-hydroxylation sites is 2. The third kappa shape index (κ3) is 3.70. The molecule has 0 radical (unpaired) electrons. The highest BCUT2D eigenvalue weighted by Crippen LogP contribution is 2.21. The zero-order valence-corrected chi connectivity index (χ0v) is 14.4. The largest absolute Gasteiger partial charge is 0.491 e. The third-order valence-electron chi connectivity index (χ3n) is 3.98. The van der Waals surface area contributed by atoms with Crippen molar-refractivity contribution >= 4 is 22.6 Å². The van der Waals surface area contributed by atoms with E-state index in [1.807, 2.05) is 18.2 Å². The zero-order chi connectivity index (χ0) is 16.9. The van der Waals surface area contributed by atoms with Gasteiger partial charge in [-0.2, -0.15) is 0 Å². The molecule has 0 amide bonds. The van der Waals surface area contributed by atoms with Crippen molar-refractivity contribution < 1.29 is 9.13 Å².